The standard InChI is InChI=1S/C22H28IN3O4S/c1-5-20(22(28)24-3)25(14-17-8-6-7-16(2)13-17)21(27)15-26(31(4,29)30)19-11-9-18(23)10-12-19/h6-13,20H,5,14-15H2,1-4H3,(H,24,28)/t20-/m0/s1. The number of aryl methyl sites for hydroxylation is 1. The molecule has 0 aliphatic carbocycles. The van der Waals surface area contributed by atoms with Crippen LogP contribution in [0.3, 0.4) is 0 Å². The molecule has 0 spiro atoms. The Balaban J connectivity index is 2.41. The first-order chi connectivity index (χ1) is 14.6. The minimum Gasteiger partial charge on any atom is -0.357 e. The van der Waals surface area contributed by atoms with Gasteiger partial charge in [-0.2, -0.15) is 0 Å². The van der Waals surface area contributed by atoms with E-state index < -0.39 is 28.5 Å². The summed E-state index contributed by atoms with van der Waals surface area (Å²) < 4.78 is 27.0. The van der Waals surface area contributed by atoms with E-state index in [9.17, 15) is 18.0 Å². The molecule has 0 heterocycles. The third-order valence-electron chi connectivity index (χ3n) is 4.86. The first-order valence-corrected chi connectivity index (χ1v) is 12.8. The minimum atomic E-state index is -3.71. The van der Waals surface area contributed by atoms with Crippen LogP contribution >= 0.6 is 22.6 Å². The summed E-state index contributed by atoms with van der Waals surface area (Å²) in [6, 6.07) is 13.9. The fraction of sp³-hybridized carbons (Fsp3) is 0.364. The molecule has 1 atom stereocenters. The minimum absolute atomic E-state index is 0.205. The highest BCUT2D eigenvalue weighted by Gasteiger charge is 2.31. The predicted molar refractivity (Wildman–Crippen MR) is 131 cm³/mol. The van der Waals surface area contributed by atoms with Crippen molar-refractivity contribution >= 4 is 50.1 Å². The quantitative estimate of drug-likeness (QED) is 0.481. The van der Waals surface area contributed by atoms with Crippen molar-refractivity contribution in [3.63, 3.8) is 0 Å². The van der Waals surface area contributed by atoms with Crippen molar-refractivity contribution in [2.45, 2.75) is 32.9 Å². The fourth-order valence-corrected chi connectivity index (χ4v) is 4.52. The van der Waals surface area contributed by atoms with Gasteiger partial charge in [0.05, 0.1) is 11.9 Å². The number of sulfonamides is 1. The van der Waals surface area contributed by atoms with E-state index in [-0.39, 0.29) is 12.5 Å². The molecule has 31 heavy (non-hydrogen) atoms. The van der Waals surface area contributed by atoms with Crippen LogP contribution in [0.25, 0.3) is 0 Å². The van der Waals surface area contributed by atoms with Crippen LogP contribution in [0, 0.1) is 10.5 Å². The molecule has 0 aromatic heterocycles. The Labute approximate surface area is 198 Å². The Kier molecular flexibility index (Phi) is 8.87. The van der Waals surface area contributed by atoms with E-state index in [0.717, 1.165) is 25.3 Å². The van der Waals surface area contributed by atoms with Gasteiger partial charge in [0, 0.05) is 17.2 Å². The van der Waals surface area contributed by atoms with E-state index in [0.29, 0.717) is 12.1 Å². The van der Waals surface area contributed by atoms with Crippen LogP contribution in [0.4, 0.5) is 5.69 Å². The van der Waals surface area contributed by atoms with Gasteiger partial charge in [-0.05, 0) is 65.8 Å². The number of halogens is 1. The lowest BCUT2D eigenvalue weighted by molar-refractivity contribution is -0.140. The molecule has 1 N–H and O–H groups in total. The van der Waals surface area contributed by atoms with Crippen molar-refractivity contribution in [3.8, 4) is 0 Å². The van der Waals surface area contributed by atoms with Crippen LogP contribution in [-0.2, 0) is 26.2 Å². The average Bonchev–Trinajstić information content (AvgIpc) is 2.71. The van der Waals surface area contributed by atoms with Crippen LogP contribution in [-0.4, -0.2) is 51.0 Å². The number of rotatable bonds is 9. The molecule has 0 unspecified atom stereocenters. The van der Waals surface area contributed by atoms with Crippen molar-refractivity contribution in [2.75, 3.05) is 24.2 Å². The first kappa shape index (κ1) is 25.1. The van der Waals surface area contributed by atoms with Gasteiger partial charge in [-0.3, -0.25) is 13.9 Å². The van der Waals surface area contributed by atoms with E-state index in [1.54, 1.807) is 24.3 Å². The number of carbonyl (C=O) groups is 2. The number of nitrogens with zero attached hydrogens (tertiary/aromatic N) is 2. The summed E-state index contributed by atoms with van der Waals surface area (Å²) in [4.78, 5) is 27.3. The van der Waals surface area contributed by atoms with E-state index in [1.165, 1.54) is 11.9 Å². The fourth-order valence-electron chi connectivity index (χ4n) is 3.31. The zero-order valence-electron chi connectivity index (χ0n) is 18.1. The van der Waals surface area contributed by atoms with Crippen LogP contribution in [0.1, 0.15) is 24.5 Å². The first-order valence-electron chi connectivity index (χ1n) is 9.86. The van der Waals surface area contributed by atoms with E-state index >= 15 is 0 Å². The molecular formula is C22H28IN3O4S. The average molecular weight is 557 g/mol. The second-order valence-corrected chi connectivity index (χ2v) is 10.4. The molecule has 0 saturated carbocycles. The second-order valence-electron chi connectivity index (χ2n) is 7.30. The van der Waals surface area contributed by atoms with E-state index in [4.69, 9.17) is 0 Å². The number of hydrogen-bond acceptors (Lipinski definition) is 4. The number of amides is 2. The molecule has 0 radical (unpaired) electrons. The Hall–Kier alpha value is -2.14. The number of carbonyl (C=O) groups excluding carboxylic acids is 2. The van der Waals surface area contributed by atoms with Gasteiger partial charge in [-0.25, -0.2) is 8.42 Å². The lowest BCUT2D eigenvalue weighted by Gasteiger charge is -2.32. The number of nitrogens with one attached hydrogen (secondary N) is 1. The van der Waals surface area contributed by atoms with Gasteiger partial charge in [-0.15, -0.1) is 0 Å². The predicted octanol–water partition coefficient (Wildman–Crippen LogP) is 2.92. The summed E-state index contributed by atoms with van der Waals surface area (Å²) >= 11 is 2.13. The molecular weight excluding hydrogens is 529 g/mol. The number of anilines is 1. The Morgan fingerprint density at radius 1 is 1.13 bits per heavy atom. The molecule has 0 aliphatic rings. The van der Waals surface area contributed by atoms with Crippen LogP contribution in [0.15, 0.2) is 48.5 Å². The summed E-state index contributed by atoms with van der Waals surface area (Å²) in [6.45, 7) is 3.59. The van der Waals surface area contributed by atoms with Gasteiger partial charge in [0.15, 0.2) is 0 Å². The Bertz CT molecular complexity index is 1030. The molecule has 2 aromatic rings. The molecule has 2 rings (SSSR count). The summed E-state index contributed by atoms with van der Waals surface area (Å²) in [7, 11) is -2.19. The van der Waals surface area contributed by atoms with Crippen molar-refractivity contribution in [2.24, 2.45) is 0 Å². The maximum atomic E-state index is 13.4. The summed E-state index contributed by atoms with van der Waals surface area (Å²) in [6.07, 6.45) is 1.47. The molecule has 0 fully saturated rings. The SMILES string of the molecule is CC[C@@H](C(=O)NC)N(Cc1cccc(C)c1)C(=O)CN(c1ccc(I)cc1)S(C)(=O)=O. The van der Waals surface area contributed by atoms with Crippen LogP contribution in [0.5, 0.6) is 0 Å². The third kappa shape index (κ3) is 6.93. The largest absolute Gasteiger partial charge is 0.357 e. The van der Waals surface area contributed by atoms with Crippen molar-refractivity contribution in [1.29, 1.82) is 0 Å². The number of hydrogen-bond donors (Lipinski definition) is 1. The van der Waals surface area contributed by atoms with Crippen molar-refractivity contribution < 1.29 is 18.0 Å². The van der Waals surface area contributed by atoms with Gasteiger partial charge in [0.1, 0.15) is 12.6 Å². The van der Waals surface area contributed by atoms with Gasteiger partial charge in [-0.1, -0.05) is 36.8 Å². The highest BCUT2D eigenvalue weighted by Crippen LogP contribution is 2.21. The van der Waals surface area contributed by atoms with E-state index in [2.05, 4.69) is 27.9 Å². The topological polar surface area (TPSA) is 86.8 Å². The smallest absolute Gasteiger partial charge is 0.244 e. The molecule has 7 nitrogen and oxygen atoms in total. The van der Waals surface area contributed by atoms with Crippen LogP contribution < -0.4 is 9.62 Å². The Morgan fingerprint density at radius 3 is 2.29 bits per heavy atom. The summed E-state index contributed by atoms with van der Waals surface area (Å²) in [5.74, 6) is -0.732. The van der Waals surface area contributed by atoms with Gasteiger partial charge in [0.2, 0.25) is 21.8 Å². The molecule has 0 aliphatic heterocycles. The third-order valence-corrected chi connectivity index (χ3v) is 6.72. The summed E-state index contributed by atoms with van der Waals surface area (Å²) in [5.41, 5.74) is 2.31. The lowest BCUT2D eigenvalue weighted by atomic mass is 10.1. The van der Waals surface area contributed by atoms with E-state index in [1.807, 2.05) is 38.1 Å². The van der Waals surface area contributed by atoms with Gasteiger partial charge in [0.25, 0.3) is 0 Å². The normalized spacial score (nSPS) is 12.2. The zero-order chi connectivity index (χ0) is 23.2. The second kappa shape index (κ2) is 10.9. The maximum absolute atomic E-state index is 13.4. The Morgan fingerprint density at radius 2 is 1.77 bits per heavy atom. The molecule has 168 valence electrons. The van der Waals surface area contributed by atoms with Crippen LogP contribution in [0.2, 0.25) is 0 Å². The van der Waals surface area contributed by atoms with Crippen molar-refractivity contribution in [1.82, 2.24) is 10.2 Å². The molecule has 0 bridgehead atoms. The van der Waals surface area contributed by atoms with Crippen molar-refractivity contribution in [3.05, 3.63) is 63.2 Å². The highest BCUT2D eigenvalue weighted by molar-refractivity contribution is 14.1. The summed E-state index contributed by atoms with van der Waals surface area (Å²) in [5, 5.41) is 2.60. The van der Waals surface area contributed by atoms with Gasteiger partial charge >= 0.3 is 0 Å². The maximum Gasteiger partial charge on any atom is 0.244 e. The van der Waals surface area contributed by atoms with Gasteiger partial charge < -0.3 is 10.2 Å². The number of likely N-dealkylation sites (N-methyl/N-ethyl adjacent to an activating group) is 1. The highest BCUT2D eigenvalue weighted by atomic mass is 127. The zero-order valence-corrected chi connectivity index (χ0v) is 21.1. The lowest BCUT2D eigenvalue weighted by Crippen LogP contribution is -2.51. The number of benzene rings is 2. The monoisotopic (exact) mass is 557 g/mol. The molecule has 9 heteroatoms. The molecule has 0 saturated heterocycles. The molecule has 2 amide bonds. The molecule has 2 aromatic carbocycles.